The minimum Gasteiger partial charge on any atom is -0.483 e. The first kappa shape index (κ1) is 16.1. The van der Waals surface area contributed by atoms with Crippen LogP contribution in [0, 0.1) is 0 Å². The van der Waals surface area contributed by atoms with Gasteiger partial charge in [-0.15, -0.1) is 11.3 Å². The Kier molecular flexibility index (Phi) is 4.86. The highest BCUT2D eigenvalue weighted by molar-refractivity contribution is 7.16. The van der Waals surface area contributed by atoms with Crippen LogP contribution in [0.25, 0.3) is 0 Å². The Labute approximate surface area is 129 Å². The zero-order valence-corrected chi connectivity index (χ0v) is 12.7. The Morgan fingerprint density at radius 1 is 1.14 bits per heavy atom. The van der Waals surface area contributed by atoms with Crippen molar-refractivity contribution >= 4 is 29.2 Å². The summed E-state index contributed by atoms with van der Waals surface area (Å²) < 4.78 is 20.3. The molecule has 0 amide bonds. The fraction of sp³-hybridized carbons (Fsp3) is 0.462. The molecule has 0 fully saturated rings. The van der Waals surface area contributed by atoms with E-state index in [1.54, 1.807) is 13.8 Å². The smallest absolute Gasteiger partial charge is 0.352 e. The molecule has 120 valence electrons. The van der Waals surface area contributed by atoms with Gasteiger partial charge in [-0.05, 0) is 13.8 Å². The minimum atomic E-state index is -1.26. The number of carboxylic acid groups (broad SMARTS) is 1. The van der Waals surface area contributed by atoms with Gasteiger partial charge in [-0.2, -0.15) is 0 Å². The summed E-state index contributed by atoms with van der Waals surface area (Å²) in [5, 5.41) is 8.99. The summed E-state index contributed by atoms with van der Waals surface area (Å²) in [6.45, 7) is 3.28. The highest BCUT2D eigenvalue weighted by Crippen LogP contribution is 2.45. The quantitative estimate of drug-likeness (QED) is 0.805. The van der Waals surface area contributed by atoms with Crippen LogP contribution in [-0.2, 0) is 14.3 Å². The second-order valence-electron chi connectivity index (χ2n) is 4.12. The zero-order chi connectivity index (χ0) is 16.3. The number of thiophene rings is 1. The summed E-state index contributed by atoms with van der Waals surface area (Å²) in [6, 6.07) is 0. The molecular weight excluding hydrogens is 316 g/mol. The number of carboxylic acids is 1. The van der Waals surface area contributed by atoms with Crippen molar-refractivity contribution in [3.63, 3.8) is 0 Å². The summed E-state index contributed by atoms with van der Waals surface area (Å²) in [7, 11) is 0. The monoisotopic (exact) mass is 330 g/mol. The lowest BCUT2D eigenvalue weighted by molar-refractivity contribution is -0.147. The maximum Gasteiger partial charge on any atom is 0.352 e. The van der Waals surface area contributed by atoms with Crippen LogP contribution in [0.15, 0.2) is 0 Å². The number of carbonyl (C=O) groups is 3. The molecule has 0 radical (unpaired) electrons. The van der Waals surface area contributed by atoms with E-state index in [0.29, 0.717) is 0 Å². The molecule has 8 nitrogen and oxygen atoms in total. The summed E-state index contributed by atoms with van der Waals surface area (Å²) in [6.07, 6.45) is -1.26. The molecule has 1 aromatic rings. The van der Waals surface area contributed by atoms with Crippen LogP contribution in [0.2, 0.25) is 0 Å². The number of fused-ring (bicyclic) bond motifs is 1. The van der Waals surface area contributed by atoms with Gasteiger partial charge >= 0.3 is 17.9 Å². The molecule has 1 atom stereocenters. The van der Waals surface area contributed by atoms with Crippen molar-refractivity contribution in [3.05, 3.63) is 9.75 Å². The van der Waals surface area contributed by atoms with E-state index < -0.39 is 24.0 Å². The van der Waals surface area contributed by atoms with Gasteiger partial charge in [0.2, 0.25) is 6.10 Å². The molecule has 0 unspecified atom stereocenters. The zero-order valence-electron chi connectivity index (χ0n) is 11.9. The van der Waals surface area contributed by atoms with Crippen molar-refractivity contribution in [1.29, 1.82) is 0 Å². The molecule has 0 spiro atoms. The van der Waals surface area contributed by atoms with E-state index in [1.165, 1.54) is 0 Å². The molecule has 1 aliphatic rings. The largest absolute Gasteiger partial charge is 0.483 e. The van der Waals surface area contributed by atoms with Crippen LogP contribution < -0.4 is 9.47 Å². The van der Waals surface area contributed by atoms with Crippen molar-refractivity contribution in [2.75, 3.05) is 19.8 Å². The maximum absolute atomic E-state index is 11.9. The third-order valence-electron chi connectivity index (χ3n) is 2.66. The van der Waals surface area contributed by atoms with E-state index in [1.807, 2.05) is 0 Å². The Morgan fingerprint density at radius 3 is 2.18 bits per heavy atom. The molecule has 0 aromatic carbocycles. The third kappa shape index (κ3) is 2.98. The topological polar surface area (TPSA) is 108 Å². The second kappa shape index (κ2) is 6.65. The van der Waals surface area contributed by atoms with Crippen molar-refractivity contribution in [3.8, 4) is 11.5 Å². The molecule has 0 saturated heterocycles. The van der Waals surface area contributed by atoms with Crippen molar-refractivity contribution in [1.82, 2.24) is 0 Å². The number of hydrogen-bond donors (Lipinski definition) is 1. The summed E-state index contributed by atoms with van der Waals surface area (Å²) in [5.41, 5.74) is 0. The SMILES string of the molecule is CCOC(=O)c1sc(C(=O)OCC)c2c1OC[C@H](C(=O)O)O2. The van der Waals surface area contributed by atoms with Gasteiger partial charge < -0.3 is 24.1 Å². The predicted octanol–water partition coefficient (Wildman–Crippen LogP) is 1.33. The number of rotatable bonds is 5. The molecule has 2 rings (SSSR count). The molecule has 1 N–H and O–H groups in total. The van der Waals surface area contributed by atoms with E-state index in [0.717, 1.165) is 11.3 Å². The normalized spacial score (nSPS) is 16.0. The van der Waals surface area contributed by atoms with Crippen LogP contribution in [0.5, 0.6) is 11.5 Å². The molecule has 1 aliphatic heterocycles. The van der Waals surface area contributed by atoms with Crippen LogP contribution in [0.4, 0.5) is 0 Å². The van der Waals surface area contributed by atoms with Crippen molar-refractivity contribution in [2.45, 2.75) is 20.0 Å². The fourth-order valence-electron chi connectivity index (χ4n) is 1.76. The van der Waals surface area contributed by atoms with Gasteiger partial charge in [0.05, 0.1) is 13.2 Å². The third-order valence-corrected chi connectivity index (χ3v) is 3.77. The predicted molar refractivity (Wildman–Crippen MR) is 73.8 cm³/mol. The Bertz CT molecular complexity index is 605. The molecule has 2 heterocycles. The Balaban J connectivity index is 2.44. The summed E-state index contributed by atoms with van der Waals surface area (Å²) >= 11 is 0.793. The molecular formula is C13H14O8S. The van der Waals surface area contributed by atoms with Crippen LogP contribution in [-0.4, -0.2) is 48.9 Å². The highest BCUT2D eigenvalue weighted by Gasteiger charge is 2.37. The highest BCUT2D eigenvalue weighted by atomic mass is 32.1. The number of aliphatic carboxylic acids is 1. The molecule has 22 heavy (non-hydrogen) atoms. The summed E-state index contributed by atoms with van der Waals surface area (Å²) in [5.74, 6) is -2.69. The molecule has 0 saturated carbocycles. The van der Waals surface area contributed by atoms with Crippen LogP contribution in [0.1, 0.15) is 33.2 Å². The van der Waals surface area contributed by atoms with Gasteiger partial charge in [-0.3, -0.25) is 0 Å². The first-order valence-corrected chi connectivity index (χ1v) is 7.34. The van der Waals surface area contributed by atoms with E-state index in [4.69, 9.17) is 24.1 Å². The molecule has 0 aliphatic carbocycles. The average Bonchev–Trinajstić information content (AvgIpc) is 2.86. The van der Waals surface area contributed by atoms with Crippen molar-refractivity contribution in [2.24, 2.45) is 0 Å². The van der Waals surface area contributed by atoms with Crippen molar-refractivity contribution < 1.29 is 38.4 Å². The van der Waals surface area contributed by atoms with E-state index in [2.05, 4.69) is 0 Å². The van der Waals surface area contributed by atoms with Gasteiger partial charge in [0, 0.05) is 0 Å². The number of hydrogen-bond acceptors (Lipinski definition) is 8. The Morgan fingerprint density at radius 2 is 1.68 bits per heavy atom. The van der Waals surface area contributed by atoms with E-state index >= 15 is 0 Å². The Hall–Kier alpha value is -2.29. The fourth-order valence-corrected chi connectivity index (χ4v) is 2.72. The number of carbonyl (C=O) groups excluding carboxylic acids is 2. The van der Waals surface area contributed by atoms with E-state index in [-0.39, 0.29) is 41.1 Å². The van der Waals surface area contributed by atoms with E-state index in [9.17, 15) is 14.4 Å². The molecule has 1 aromatic heterocycles. The van der Waals surface area contributed by atoms with Crippen LogP contribution in [0.3, 0.4) is 0 Å². The summed E-state index contributed by atoms with van der Waals surface area (Å²) in [4.78, 5) is 34.9. The minimum absolute atomic E-state index is 0.0176. The average molecular weight is 330 g/mol. The van der Waals surface area contributed by atoms with Crippen LogP contribution >= 0.6 is 11.3 Å². The molecule has 0 bridgehead atoms. The van der Waals surface area contributed by atoms with Gasteiger partial charge in [0.15, 0.2) is 21.3 Å². The lowest BCUT2D eigenvalue weighted by Gasteiger charge is -2.22. The number of esters is 2. The lowest BCUT2D eigenvalue weighted by Crippen LogP contribution is -2.36. The second-order valence-corrected chi connectivity index (χ2v) is 5.14. The number of ether oxygens (including phenoxy) is 4. The van der Waals surface area contributed by atoms with Gasteiger partial charge in [-0.25, -0.2) is 14.4 Å². The standard InChI is InChI=1S/C13H14O8S/c1-3-18-12(16)9-7-8(10(22-9)13(17)19-4-2)21-6(5-20-7)11(14)15/h6H,3-5H2,1-2H3,(H,14,15)/t6-/m1/s1. The first-order valence-electron chi connectivity index (χ1n) is 6.52. The van der Waals surface area contributed by atoms with Gasteiger partial charge in [0.25, 0.3) is 0 Å². The first-order chi connectivity index (χ1) is 10.5. The van der Waals surface area contributed by atoms with Gasteiger partial charge in [-0.1, -0.05) is 0 Å². The van der Waals surface area contributed by atoms with Gasteiger partial charge in [0.1, 0.15) is 6.61 Å². The lowest BCUT2D eigenvalue weighted by atomic mass is 10.3. The maximum atomic E-state index is 11.9. The molecule has 9 heteroatoms.